The van der Waals surface area contributed by atoms with E-state index in [1.165, 1.54) is 12.2 Å². The van der Waals surface area contributed by atoms with E-state index in [2.05, 4.69) is 10.2 Å². The molecule has 1 aliphatic carbocycles. The van der Waals surface area contributed by atoms with Crippen LogP contribution in [0.3, 0.4) is 0 Å². The van der Waals surface area contributed by atoms with E-state index in [4.69, 9.17) is 4.55 Å². The molecule has 1 aromatic rings. The van der Waals surface area contributed by atoms with Crippen molar-refractivity contribution in [2.24, 2.45) is 10.2 Å². The molecule has 19 heavy (non-hydrogen) atoms. The average molecular weight is 280 g/mol. The SMILES string of the molecule is O=S(=O)(O)C1(O)C=CC(N=Nc2ccccc2)=CC1. The van der Waals surface area contributed by atoms with Crippen molar-refractivity contribution in [3.8, 4) is 0 Å². The summed E-state index contributed by atoms with van der Waals surface area (Å²) in [6, 6.07) is 9.02. The molecule has 0 saturated carbocycles. The Kier molecular flexibility index (Phi) is 3.61. The highest BCUT2D eigenvalue weighted by molar-refractivity contribution is 7.87. The molecule has 1 unspecified atom stereocenters. The highest BCUT2D eigenvalue weighted by atomic mass is 32.2. The van der Waals surface area contributed by atoms with Gasteiger partial charge < -0.3 is 5.11 Å². The fourth-order valence-corrected chi connectivity index (χ4v) is 2.01. The van der Waals surface area contributed by atoms with Gasteiger partial charge in [-0.05, 0) is 24.3 Å². The lowest BCUT2D eigenvalue weighted by Crippen LogP contribution is -2.36. The van der Waals surface area contributed by atoms with Gasteiger partial charge in [0.05, 0.1) is 11.4 Å². The number of hydrogen-bond donors (Lipinski definition) is 2. The van der Waals surface area contributed by atoms with Crippen LogP contribution in [0.2, 0.25) is 0 Å². The Hall–Kier alpha value is -1.83. The summed E-state index contributed by atoms with van der Waals surface area (Å²) in [5, 5.41) is 17.5. The third-order valence-corrected chi connectivity index (χ3v) is 3.80. The molecule has 0 bridgehead atoms. The maximum Gasteiger partial charge on any atom is 0.299 e. The van der Waals surface area contributed by atoms with Gasteiger partial charge >= 0.3 is 0 Å². The molecule has 0 saturated heterocycles. The van der Waals surface area contributed by atoms with Gasteiger partial charge in [-0.15, -0.1) is 0 Å². The molecule has 7 heteroatoms. The highest BCUT2D eigenvalue weighted by Crippen LogP contribution is 2.26. The smallest absolute Gasteiger partial charge is 0.299 e. The van der Waals surface area contributed by atoms with Crippen molar-refractivity contribution in [3.05, 3.63) is 54.3 Å². The predicted molar refractivity (Wildman–Crippen MR) is 69.3 cm³/mol. The number of allylic oxidation sites excluding steroid dienone is 1. The zero-order chi connectivity index (χ0) is 13.9. The molecule has 1 aromatic carbocycles. The number of azo groups is 1. The molecular formula is C12H12N2O4S. The molecule has 100 valence electrons. The lowest BCUT2D eigenvalue weighted by atomic mass is 10.1. The molecule has 2 rings (SSSR count). The Bertz CT molecular complexity index is 650. The van der Waals surface area contributed by atoms with E-state index in [-0.39, 0.29) is 6.42 Å². The molecule has 0 aliphatic heterocycles. The summed E-state index contributed by atoms with van der Waals surface area (Å²) in [7, 11) is -4.56. The molecule has 0 spiro atoms. The second-order valence-corrected chi connectivity index (χ2v) is 5.68. The van der Waals surface area contributed by atoms with E-state index in [0.29, 0.717) is 11.4 Å². The maximum absolute atomic E-state index is 11.0. The minimum absolute atomic E-state index is 0.272. The predicted octanol–water partition coefficient (Wildman–Crippen LogP) is 2.19. The fourth-order valence-electron chi connectivity index (χ4n) is 1.48. The minimum Gasteiger partial charge on any atom is -0.369 e. The van der Waals surface area contributed by atoms with Crippen molar-refractivity contribution in [2.45, 2.75) is 11.4 Å². The van der Waals surface area contributed by atoms with Crippen LogP contribution < -0.4 is 0 Å². The molecule has 1 aliphatic rings. The zero-order valence-electron chi connectivity index (χ0n) is 9.84. The second-order valence-electron chi connectivity index (χ2n) is 4.02. The van der Waals surface area contributed by atoms with Crippen LogP contribution in [-0.4, -0.2) is 23.0 Å². The molecular weight excluding hydrogens is 268 g/mol. The van der Waals surface area contributed by atoms with E-state index in [1.54, 1.807) is 12.1 Å². The average Bonchev–Trinajstić information content (AvgIpc) is 2.38. The minimum atomic E-state index is -4.56. The zero-order valence-corrected chi connectivity index (χ0v) is 10.7. The van der Waals surface area contributed by atoms with E-state index in [9.17, 15) is 13.5 Å². The van der Waals surface area contributed by atoms with Crippen molar-refractivity contribution in [1.29, 1.82) is 0 Å². The Labute approximate surface area is 110 Å². The largest absolute Gasteiger partial charge is 0.369 e. The standard InChI is InChI=1S/C12H12N2O4S/c15-12(19(16,17)18)8-6-11(7-9-12)14-13-10-4-2-1-3-5-10/h1-8,15H,9H2,(H,16,17,18). The molecule has 2 N–H and O–H groups in total. The van der Waals surface area contributed by atoms with Crippen molar-refractivity contribution >= 4 is 15.8 Å². The van der Waals surface area contributed by atoms with Crippen molar-refractivity contribution in [3.63, 3.8) is 0 Å². The van der Waals surface area contributed by atoms with E-state index < -0.39 is 15.1 Å². The van der Waals surface area contributed by atoms with E-state index in [0.717, 1.165) is 6.08 Å². The van der Waals surface area contributed by atoms with Gasteiger partial charge in [0.2, 0.25) is 4.93 Å². The van der Waals surface area contributed by atoms with Crippen LogP contribution in [0.4, 0.5) is 5.69 Å². The van der Waals surface area contributed by atoms with Gasteiger partial charge in [0.15, 0.2) is 0 Å². The molecule has 1 atom stereocenters. The summed E-state index contributed by atoms with van der Waals surface area (Å²) in [5.74, 6) is 0. The third-order valence-electron chi connectivity index (χ3n) is 2.60. The number of aliphatic hydroxyl groups is 1. The Morgan fingerprint density at radius 2 is 1.84 bits per heavy atom. The van der Waals surface area contributed by atoms with Crippen LogP contribution in [0.25, 0.3) is 0 Å². The molecule has 0 fully saturated rings. The number of benzene rings is 1. The first kappa shape index (κ1) is 13.6. The van der Waals surface area contributed by atoms with Gasteiger partial charge in [-0.3, -0.25) is 4.55 Å². The molecule has 0 aromatic heterocycles. The highest BCUT2D eigenvalue weighted by Gasteiger charge is 2.38. The molecule has 0 heterocycles. The van der Waals surface area contributed by atoms with Crippen LogP contribution in [0.5, 0.6) is 0 Å². The van der Waals surface area contributed by atoms with Crippen LogP contribution in [-0.2, 0) is 10.1 Å². The Balaban J connectivity index is 2.12. The summed E-state index contributed by atoms with van der Waals surface area (Å²) in [6.45, 7) is 0. The quantitative estimate of drug-likeness (QED) is 0.654. The molecule has 6 nitrogen and oxygen atoms in total. The first-order valence-electron chi connectivity index (χ1n) is 5.46. The normalized spacial score (nSPS) is 23.6. The van der Waals surface area contributed by atoms with Gasteiger partial charge in [0, 0.05) is 6.42 Å². The lowest BCUT2D eigenvalue weighted by Gasteiger charge is -2.21. The Morgan fingerprint density at radius 3 is 2.37 bits per heavy atom. The van der Waals surface area contributed by atoms with Gasteiger partial charge in [-0.2, -0.15) is 18.6 Å². The van der Waals surface area contributed by atoms with Gasteiger partial charge in [0.1, 0.15) is 0 Å². The summed E-state index contributed by atoms with van der Waals surface area (Å²) in [5.41, 5.74) is 1.07. The van der Waals surface area contributed by atoms with Crippen LogP contribution in [0.1, 0.15) is 6.42 Å². The maximum atomic E-state index is 11.0. The summed E-state index contributed by atoms with van der Waals surface area (Å²) >= 11 is 0. The fraction of sp³-hybridized carbons (Fsp3) is 0.167. The summed E-state index contributed by atoms with van der Waals surface area (Å²) in [4.78, 5) is -2.28. The number of rotatable bonds is 3. The number of hydrogen-bond acceptors (Lipinski definition) is 5. The first-order chi connectivity index (χ1) is 8.91. The molecule has 0 amide bonds. The van der Waals surface area contributed by atoms with Crippen LogP contribution in [0.15, 0.2) is 64.5 Å². The van der Waals surface area contributed by atoms with Gasteiger partial charge in [0.25, 0.3) is 10.1 Å². The van der Waals surface area contributed by atoms with Crippen molar-refractivity contribution in [2.75, 3.05) is 0 Å². The van der Waals surface area contributed by atoms with Crippen molar-refractivity contribution in [1.82, 2.24) is 0 Å². The first-order valence-corrected chi connectivity index (χ1v) is 6.90. The number of nitrogens with zero attached hydrogens (tertiary/aromatic N) is 2. The van der Waals surface area contributed by atoms with Gasteiger partial charge in [-0.1, -0.05) is 24.3 Å². The van der Waals surface area contributed by atoms with Gasteiger partial charge in [-0.25, -0.2) is 0 Å². The lowest BCUT2D eigenvalue weighted by molar-refractivity contribution is 0.162. The topological polar surface area (TPSA) is 99.3 Å². The van der Waals surface area contributed by atoms with Crippen LogP contribution in [0, 0.1) is 0 Å². The molecule has 0 radical (unpaired) electrons. The summed E-state index contributed by atoms with van der Waals surface area (Å²) in [6.07, 6.45) is 3.40. The van der Waals surface area contributed by atoms with E-state index >= 15 is 0 Å². The monoisotopic (exact) mass is 280 g/mol. The van der Waals surface area contributed by atoms with E-state index in [1.807, 2.05) is 18.2 Å². The Morgan fingerprint density at radius 1 is 1.16 bits per heavy atom. The third kappa shape index (κ3) is 3.14. The van der Waals surface area contributed by atoms with Crippen molar-refractivity contribution < 1.29 is 18.1 Å². The summed E-state index contributed by atoms with van der Waals surface area (Å²) < 4.78 is 30.8. The van der Waals surface area contributed by atoms with Crippen LogP contribution >= 0.6 is 0 Å². The second kappa shape index (κ2) is 5.04.